The Hall–Kier alpha value is -3.08. The zero-order valence-corrected chi connectivity index (χ0v) is 16.4. The highest BCUT2D eigenvalue weighted by Crippen LogP contribution is 2.25. The van der Waals surface area contributed by atoms with Crippen LogP contribution in [0.2, 0.25) is 0 Å². The van der Waals surface area contributed by atoms with Crippen molar-refractivity contribution < 1.29 is 9.53 Å². The molecule has 3 rings (SSSR count). The molecule has 1 aromatic heterocycles. The standard InChI is InChI=1S/C22H25N3O2/c1-14(2)23-22(26)21-13-19(17-8-10-18(27-5)11-9-17)24-25(21)20-12-15(3)6-7-16(20)4/h6-14H,1-5H3,(H,23,26). The van der Waals surface area contributed by atoms with Gasteiger partial charge in [-0.1, -0.05) is 12.1 Å². The third-order valence-corrected chi connectivity index (χ3v) is 4.34. The van der Waals surface area contributed by atoms with Crippen LogP contribution in [0.1, 0.15) is 35.5 Å². The number of hydrogen-bond acceptors (Lipinski definition) is 3. The predicted molar refractivity (Wildman–Crippen MR) is 108 cm³/mol. The molecule has 1 N–H and O–H groups in total. The van der Waals surface area contributed by atoms with Gasteiger partial charge in [0.1, 0.15) is 11.4 Å². The van der Waals surface area contributed by atoms with Gasteiger partial charge in [-0.15, -0.1) is 0 Å². The van der Waals surface area contributed by atoms with Crippen LogP contribution in [-0.2, 0) is 0 Å². The molecule has 0 aliphatic heterocycles. The van der Waals surface area contributed by atoms with E-state index in [-0.39, 0.29) is 11.9 Å². The first-order chi connectivity index (χ1) is 12.9. The van der Waals surface area contributed by atoms with E-state index in [0.29, 0.717) is 5.69 Å². The lowest BCUT2D eigenvalue weighted by atomic mass is 10.1. The summed E-state index contributed by atoms with van der Waals surface area (Å²) in [4.78, 5) is 12.8. The van der Waals surface area contributed by atoms with Crippen molar-refractivity contribution in [3.05, 3.63) is 65.4 Å². The van der Waals surface area contributed by atoms with Gasteiger partial charge in [0.25, 0.3) is 5.91 Å². The second kappa shape index (κ2) is 7.66. The molecule has 0 spiro atoms. The van der Waals surface area contributed by atoms with Crippen LogP contribution >= 0.6 is 0 Å². The Labute approximate surface area is 160 Å². The number of ether oxygens (including phenoxy) is 1. The normalized spacial score (nSPS) is 10.9. The fraction of sp³-hybridized carbons (Fsp3) is 0.273. The van der Waals surface area contributed by atoms with E-state index >= 15 is 0 Å². The van der Waals surface area contributed by atoms with Gasteiger partial charge >= 0.3 is 0 Å². The highest BCUT2D eigenvalue weighted by Gasteiger charge is 2.19. The second-order valence-electron chi connectivity index (χ2n) is 6.97. The van der Waals surface area contributed by atoms with Gasteiger partial charge in [0.15, 0.2) is 0 Å². The van der Waals surface area contributed by atoms with Crippen molar-refractivity contribution in [2.24, 2.45) is 0 Å². The van der Waals surface area contributed by atoms with Gasteiger partial charge in [-0.05, 0) is 75.2 Å². The average Bonchev–Trinajstić information content (AvgIpc) is 3.08. The molecule has 0 aliphatic carbocycles. The number of nitrogens with zero attached hydrogens (tertiary/aromatic N) is 2. The van der Waals surface area contributed by atoms with Crippen molar-refractivity contribution in [2.45, 2.75) is 33.7 Å². The van der Waals surface area contributed by atoms with E-state index in [2.05, 4.69) is 11.4 Å². The minimum absolute atomic E-state index is 0.0453. The topological polar surface area (TPSA) is 56.1 Å². The average molecular weight is 363 g/mol. The first-order valence-electron chi connectivity index (χ1n) is 9.02. The van der Waals surface area contributed by atoms with Gasteiger partial charge in [0.2, 0.25) is 0 Å². The van der Waals surface area contributed by atoms with E-state index in [4.69, 9.17) is 9.84 Å². The molecule has 0 atom stereocenters. The second-order valence-corrected chi connectivity index (χ2v) is 6.97. The van der Waals surface area contributed by atoms with E-state index in [1.165, 1.54) is 0 Å². The van der Waals surface area contributed by atoms with Crippen molar-refractivity contribution in [2.75, 3.05) is 7.11 Å². The molecule has 0 radical (unpaired) electrons. The minimum atomic E-state index is -0.141. The first-order valence-corrected chi connectivity index (χ1v) is 9.02. The third-order valence-electron chi connectivity index (χ3n) is 4.34. The number of carbonyl (C=O) groups excluding carboxylic acids is 1. The van der Waals surface area contributed by atoms with Crippen molar-refractivity contribution >= 4 is 5.91 Å². The molecule has 140 valence electrons. The fourth-order valence-electron chi connectivity index (χ4n) is 2.91. The summed E-state index contributed by atoms with van der Waals surface area (Å²) in [5, 5.41) is 7.72. The van der Waals surface area contributed by atoms with Crippen LogP contribution in [0.3, 0.4) is 0 Å². The molecule has 5 heteroatoms. The van der Waals surface area contributed by atoms with Gasteiger partial charge in [-0.25, -0.2) is 4.68 Å². The highest BCUT2D eigenvalue weighted by atomic mass is 16.5. The molecule has 1 amide bonds. The van der Waals surface area contributed by atoms with Crippen molar-refractivity contribution in [1.29, 1.82) is 0 Å². The lowest BCUT2D eigenvalue weighted by molar-refractivity contribution is 0.0935. The van der Waals surface area contributed by atoms with E-state index in [1.54, 1.807) is 11.8 Å². The molecule has 27 heavy (non-hydrogen) atoms. The molecule has 1 heterocycles. The lowest BCUT2D eigenvalue weighted by Gasteiger charge is -2.12. The third kappa shape index (κ3) is 4.03. The molecule has 0 fully saturated rings. The molecule has 0 saturated carbocycles. The Morgan fingerprint density at radius 3 is 2.41 bits per heavy atom. The van der Waals surface area contributed by atoms with Crippen LogP contribution in [0.5, 0.6) is 5.75 Å². The zero-order valence-electron chi connectivity index (χ0n) is 16.4. The van der Waals surface area contributed by atoms with E-state index < -0.39 is 0 Å². The smallest absolute Gasteiger partial charge is 0.270 e. The summed E-state index contributed by atoms with van der Waals surface area (Å²) in [5.41, 5.74) is 5.27. The molecule has 0 bridgehead atoms. The first kappa shape index (κ1) is 18.7. The van der Waals surface area contributed by atoms with E-state index in [9.17, 15) is 4.79 Å². The van der Waals surface area contributed by atoms with Crippen molar-refractivity contribution in [1.82, 2.24) is 15.1 Å². The Kier molecular flexibility index (Phi) is 5.31. The number of rotatable bonds is 5. The summed E-state index contributed by atoms with van der Waals surface area (Å²) >= 11 is 0. The quantitative estimate of drug-likeness (QED) is 0.735. The van der Waals surface area contributed by atoms with Gasteiger partial charge in [0, 0.05) is 11.6 Å². The molecule has 3 aromatic rings. The van der Waals surface area contributed by atoms with Gasteiger partial charge in [0.05, 0.1) is 18.5 Å². The monoisotopic (exact) mass is 363 g/mol. The number of aromatic nitrogens is 2. The molecule has 0 aliphatic rings. The molecule has 0 saturated heterocycles. The number of hydrogen-bond donors (Lipinski definition) is 1. The Morgan fingerprint density at radius 2 is 1.78 bits per heavy atom. The van der Waals surface area contributed by atoms with Crippen LogP contribution in [0.15, 0.2) is 48.5 Å². The SMILES string of the molecule is COc1ccc(-c2cc(C(=O)NC(C)C)n(-c3cc(C)ccc3C)n2)cc1. The minimum Gasteiger partial charge on any atom is -0.497 e. The number of amides is 1. The molecule has 2 aromatic carbocycles. The van der Waals surface area contributed by atoms with E-state index in [0.717, 1.165) is 33.8 Å². The van der Waals surface area contributed by atoms with Crippen LogP contribution < -0.4 is 10.1 Å². The summed E-state index contributed by atoms with van der Waals surface area (Å²) in [6.07, 6.45) is 0. The van der Waals surface area contributed by atoms with Gasteiger partial charge in [-0.2, -0.15) is 5.10 Å². The number of carbonyl (C=O) groups is 1. The Bertz CT molecular complexity index is 956. The van der Waals surface area contributed by atoms with Crippen LogP contribution in [0.25, 0.3) is 16.9 Å². The van der Waals surface area contributed by atoms with Crippen LogP contribution in [-0.4, -0.2) is 28.8 Å². The summed E-state index contributed by atoms with van der Waals surface area (Å²) in [6, 6.07) is 15.7. The molecular formula is C22H25N3O2. The Balaban J connectivity index is 2.13. The van der Waals surface area contributed by atoms with Crippen LogP contribution in [0.4, 0.5) is 0 Å². The number of aryl methyl sites for hydroxylation is 2. The summed E-state index contributed by atoms with van der Waals surface area (Å²) in [6.45, 7) is 7.94. The number of nitrogens with one attached hydrogen (secondary N) is 1. The number of methoxy groups -OCH3 is 1. The number of benzene rings is 2. The highest BCUT2D eigenvalue weighted by molar-refractivity contribution is 5.94. The van der Waals surface area contributed by atoms with Crippen molar-refractivity contribution in [3.8, 4) is 22.7 Å². The fourth-order valence-corrected chi connectivity index (χ4v) is 2.91. The molecular weight excluding hydrogens is 338 g/mol. The van der Waals surface area contributed by atoms with Crippen LogP contribution in [0, 0.1) is 13.8 Å². The maximum Gasteiger partial charge on any atom is 0.270 e. The summed E-state index contributed by atoms with van der Waals surface area (Å²) < 4.78 is 6.96. The van der Waals surface area contributed by atoms with Gasteiger partial charge in [-0.3, -0.25) is 4.79 Å². The van der Waals surface area contributed by atoms with Gasteiger partial charge < -0.3 is 10.1 Å². The maximum atomic E-state index is 12.8. The molecule has 0 unspecified atom stereocenters. The predicted octanol–water partition coefficient (Wildman–Crippen LogP) is 4.30. The lowest BCUT2D eigenvalue weighted by Crippen LogP contribution is -2.31. The largest absolute Gasteiger partial charge is 0.497 e. The molecule has 5 nitrogen and oxygen atoms in total. The maximum absolute atomic E-state index is 12.8. The van der Waals surface area contributed by atoms with E-state index in [1.807, 2.05) is 70.2 Å². The summed E-state index contributed by atoms with van der Waals surface area (Å²) in [5.74, 6) is 0.642. The zero-order chi connectivity index (χ0) is 19.6. The summed E-state index contributed by atoms with van der Waals surface area (Å²) in [7, 11) is 1.64. The van der Waals surface area contributed by atoms with Crippen molar-refractivity contribution in [3.63, 3.8) is 0 Å². The Morgan fingerprint density at radius 1 is 1.07 bits per heavy atom.